The number of nitrogens with one attached hydrogen (secondary N) is 2. The van der Waals surface area contributed by atoms with Crippen molar-refractivity contribution in [1.82, 2.24) is 10.9 Å². The van der Waals surface area contributed by atoms with E-state index in [2.05, 4.69) is 10.9 Å². The molecule has 0 saturated heterocycles. The van der Waals surface area contributed by atoms with Gasteiger partial charge in [-0.2, -0.15) is 0 Å². The molecule has 0 saturated carbocycles. The van der Waals surface area contributed by atoms with Crippen LogP contribution in [0.2, 0.25) is 0 Å². The normalized spacial score (nSPS) is 12.6. The molecule has 0 aliphatic carbocycles. The third-order valence-corrected chi connectivity index (χ3v) is 4.97. The number of rotatable bonds is 7. The highest BCUT2D eigenvalue weighted by molar-refractivity contribution is 8.00. The smallest absolute Gasteiger partial charge is 0.265 e. The molecule has 3 rings (SSSR count). The highest BCUT2D eigenvalue weighted by Crippen LogP contribution is 2.31. The molecule has 0 atom stereocenters. The lowest BCUT2D eigenvalue weighted by atomic mass is 10.2. The first-order chi connectivity index (χ1) is 14.1. The molecular formula is C20H21N3O5S. The molecule has 2 aromatic rings. The van der Waals surface area contributed by atoms with Crippen LogP contribution in [0.1, 0.15) is 6.92 Å². The molecule has 0 aromatic heterocycles. The monoisotopic (exact) mass is 415 g/mol. The molecule has 0 fully saturated rings. The molecule has 152 valence electrons. The zero-order chi connectivity index (χ0) is 20.6. The highest BCUT2D eigenvalue weighted by Gasteiger charge is 2.26. The molecule has 29 heavy (non-hydrogen) atoms. The van der Waals surface area contributed by atoms with Crippen LogP contribution in [0.4, 0.5) is 5.69 Å². The first-order valence-corrected chi connectivity index (χ1v) is 10.0. The van der Waals surface area contributed by atoms with Crippen molar-refractivity contribution in [3.05, 3.63) is 48.5 Å². The van der Waals surface area contributed by atoms with Crippen LogP contribution in [0.3, 0.4) is 0 Å². The Bertz CT molecular complexity index is 888. The second-order valence-electron chi connectivity index (χ2n) is 6.03. The number of amides is 3. The molecule has 2 N–H and O–H groups in total. The summed E-state index contributed by atoms with van der Waals surface area (Å²) >= 11 is 1.33. The van der Waals surface area contributed by atoms with Gasteiger partial charge in [0.1, 0.15) is 18.0 Å². The van der Waals surface area contributed by atoms with Crippen molar-refractivity contribution in [1.29, 1.82) is 0 Å². The molecule has 3 amide bonds. The summed E-state index contributed by atoms with van der Waals surface area (Å²) in [5.74, 6) is 0.258. The van der Waals surface area contributed by atoms with Gasteiger partial charge in [-0.25, -0.2) is 0 Å². The van der Waals surface area contributed by atoms with Gasteiger partial charge < -0.3 is 9.47 Å². The Hall–Kier alpha value is -3.20. The summed E-state index contributed by atoms with van der Waals surface area (Å²) in [5.41, 5.74) is 5.22. The molecule has 1 aliphatic heterocycles. The standard InChI is InChI=1S/C20H21N3O5S/c1-2-27-14-7-9-15(10-8-14)29-13-19(25)22-21-18(24)11-23-16-5-3-4-6-17(16)28-12-20(23)26/h3-10H,2,11-13H2,1H3,(H,21,24)(H,22,25). The highest BCUT2D eigenvalue weighted by atomic mass is 32.2. The lowest BCUT2D eigenvalue weighted by Crippen LogP contribution is -2.50. The second-order valence-corrected chi connectivity index (χ2v) is 7.07. The topological polar surface area (TPSA) is 97.0 Å². The Morgan fingerprint density at radius 2 is 1.83 bits per heavy atom. The summed E-state index contributed by atoms with van der Waals surface area (Å²) in [5, 5.41) is 0. The van der Waals surface area contributed by atoms with Crippen LogP contribution >= 0.6 is 11.8 Å². The number of thioether (sulfide) groups is 1. The van der Waals surface area contributed by atoms with Crippen molar-refractivity contribution in [2.24, 2.45) is 0 Å². The SMILES string of the molecule is CCOc1ccc(SCC(=O)NNC(=O)CN2C(=O)COc3ccccc32)cc1. The van der Waals surface area contributed by atoms with Gasteiger partial charge in [-0.05, 0) is 43.3 Å². The first-order valence-electron chi connectivity index (χ1n) is 9.02. The maximum absolute atomic E-state index is 12.2. The van der Waals surface area contributed by atoms with Gasteiger partial charge in [-0.1, -0.05) is 12.1 Å². The molecule has 0 spiro atoms. The molecule has 1 heterocycles. The van der Waals surface area contributed by atoms with E-state index < -0.39 is 5.91 Å². The van der Waals surface area contributed by atoms with Crippen molar-refractivity contribution in [3.63, 3.8) is 0 Å². The minimum atomic E-state index is -0.505. The number of hydrogen-bond donors (Lipinski definition) is 2. The summed E-state index contributed by atoms with van der Waals surface area (Å²) in [6.07, 6.45) is 0. The summed E-state index contributed by atoms with van der Waals surface area (Å²) in [6.45, 7) is 2.16. The molecule has 0 bridgehead atoms. The Kier molecular flexibility index (Phi) is 6.96. The molecular weight excluding hydrogens is 394 g/mol. The number of hydrazine groups is 1. The number of nitrogens with zero attached hydrogens (tertiary/aromatic N) is 1. The number of carbonyl (C=O) groups is 3. The van der Waals surface area contributed by atoms with E-state index in [9.17, 15) is 14.4 Å². The van der Waals surface area contributed by atoms with Crippen molar-refractivity contribution in [2.75, 3.05) is 30.4 Å². The maximum Gasteiger partial charge on any atom is 0.265 e. The Morgan fingerprint density at radius 3 is 2.59 bits per heavy atom. The van der Waals surface area contributed by atoms with Crippen LogP contribution in [0, 0.1) is 0 Å². The second kappa shape index (κ2) is 9.83. The zero-order valence-electron chi connectivity index (χ0n) is 15.8. The fraction of sp³-hybridized carbons (Fsp3) is 0.250. The Morgan fingerprint density at radius 1 is 1.10 bits per heavy atom. The van der Waals surface area contributed by atoms with E-state index >= 15 is 0 Å². The number of hydrogen-bond acceptors (Lipinski definition) is 6. The fourth-order valence-electron chi connectivity index (χ4n) is 2.63. The van der Waals surface area contributed by atoms with Gasteiger partial charge in [-0.3, -0.25) is 30.1 Å². The molecule has 2 aromatic carbocycles. The number of fused-ring (bicyclic) bond motifs is 1. The van der Waals surface area contributed by atoms with E-state index in [1.54, 1.807) is 24.3 Å². The van der Waals surface area contributed by atoms with Crippen LogP contribution in [0.25, 0.3) is 0 Å². The van der Waals surface area contributed by atoms with E-state index in [0.717, 1.165) is 10.6 Å². The van der Waals surface area contributed by atoms with Gasteiger partial charge in [0.2, 0.25) is 5.91 Å². The van der Waals surface area contributed by atoms with Gasteiger partial charge in [0.05, 0.1) is 18.0 Å². The predicted molar refractivity (Wildman–Crippen MR) is 109 cm³/mol. The average molecular weight is 415 g/mol. The number of anilines is 1. The fourth-order valence-corrected chi connectivity index (χ4v) is 3.33. The van der Waals surface area contributed by atoms with E-state index in [1.165, 1.54) is 16.7 Å². The van der Waals surface area contributed by atoms with Crippen molar-refractivity contribution < 1.29 is 23.9 Å². The summed E-state index contributed by atoms with van der Waals surface area (Å²) in [6, 6.07) is 14.4. The number of benzene rings is 2. The van der Waals surface area contributed by atoms with Crippen molar-refractivity contribution in [2.45, 2.75) is 11.8 Å². The minimum Gasteiger partial charge on any atom is -0.494 e. The summed E-state index contributed by atoms with van der Waals surface area (Å²) in [7, 11) is 0. The molecule has 1 aliphatic rings. The third kappa shape index (κ3) is 5.64. The van der Waals surface area contributed by atoms with Crippen molar-refractivity contribution in [3.8, 4) is 11.5 Å². The lowest BCUT2D eigenvalue weighted by molar-refractivity contribution is -0.128. The molecule has 0 unspecified atom stereocenters. The van der Waals surface area contributed by atoms with Gasteiger partial charge in [0.15, 0.2) is 6.61 Å². The summed E-state index contributed by atoms with van der Waals surface area (Å²) in [4.78, 5) is 38.4. The number of carbonyl (C=O) groups excluding carboxylic acids is 3. The van der Waals surface area contributed by atoms with Gasteiger partial charge in [0.25, 0.3) is 11.8 Å². The number of para-hydroxylation sites is 2. The van der Waals surface area contributed by atoms with Crippen LogP contribution in [0.5, 0.6) is 11.5 Å². The summed E-state index contributed by atoms with van der Waals surface area (Å²) < 4.78 is 10.7. The van der Waals surface area contributed by atoms with Gasteiger partial charge in [0, 0.05) is 4.90 Å². The van der Waals surface area contributed by atoms with E-state index in [-0.39, 0.29) is 30.7 Å². The third-order valence-electron chi connectivity index (χ3n) is 3.96. The Labute approximate surface area is 172 Å². The van der Waals surface area contributed by atoms with Crippen LogP contribution in [-0.2, 0) is 14.4 Å². The molecule has 0 radical (unpaired) electrons. The average Bonchev–Trinajstić information content (AvgIpc) is 2.74. The first kappa shape index (κ1) is 20.5. The molecule has 9 heteroatoms. The van der Waals surface area contributed by atoms with Crippen LogP contribution in [0.15, 0.2) is 53.4 Å². The predicted octanol–water partition coefficient (Wildman–Crippen LogP) is 1.75. The van der Waals surface area contributed by atoms with E-state index in [4.69, 9.17) is 9.47 Å². The number of ether oxygens (including phenoxy) is 2. The van der Waals surface area contributed by atoms with E-state index in [1.807, 2.05) is 31.2 Å². The quantitative estimate of drug-likeness (QED) is 0.528. The zero-order valence-corrected chi connectivity index (χ0v) is 16.7. The minimum absolute atomic E-state index is 0.130. The van der Waals surface area contributed by atoms with Crippen LogP contribution in [-0.4, -0.2) is 43.2 Å². The van der Waals surface area contributed by atoms with E-state index in [0.29, 0.717) is 18.0 Å². The van der Waals surface area contributed by atoms with Crippen molar-refractivity contribution >= 4 is 35.2 Å². The largest absolute Gasteiger partial charge is 0.494 e. The Balaban J connectivity index is 1.44. The molecule has 8 nitrogen and oxygen atoms in total. The van der Waals surface area contributed by atoms with Crippen LogP contribution < -0.4 is 25.2 Å². The van der Waals surface area contributed by atoms with Gasteiger partial charge >= 0.3 is 0 Å². The maximum atomic E-state index is 12.2. The lowest BCUT2D eigenvalue weighted by Gasteiger charge is -2.28. The van der Waals surface area contributed by atoms with Gasteiger partial charge in [-0.15, -0.1) is 11.8 Å².